The molecule has 1 fully saturated rings. The standard InChI is InChI=1S/C19H32N8O/c1-13(2)7-10-27-18(23-24-25-27)19(8-6-9-26(12-19)16(5)28)20-11-17-14(3)21-22-15(17)4/h13,20H,6-12H2,1-5H3,(H,21,22). The third kappa shape index (κ3) is 4.24. The number of nitrogens with one attached hydrogen (secondary N) is 2. The molecule has 1 unspecified atom stereocenters. The average Bonchev–Trinajstić information content (AvgIpc) is 3.26. The number of aromatic nitrogens is 6. The van der Waals surface area contributed by atoms with Gasteiger partial charge < -0.3 is 4.90 Å². The van der Waals surface area contributed by atoms with Crippen molar-refractivity contribution in [3.05, 3.63) is 22.8 Å². The molecule has 0 spiro atoms. The summed E-state index contributed by atoms with van der Waals surface area (Å²) in [6, 6.07) is 0. The summed E-state index contributed by atoms with van der Waals surface area (Å²) in [6.45, 7) is 12.8. The highest BCUT2D eigenvalue weighted by Crippen LogP contribution is 2.31. The third-order valence-electron chi connectivity index (χ3n) is 5.70. The number of hydrogen-bond donors (Lipinski definition) is 2. The Hall–Kier alpha value is -2.29. The molecule has 1 atom stereocenters. The van der Waals surface area contributed by atoms with Crippen LogP contribution in [-0.4, -0.2) is 54.3 Å². The van der Waals surface area contributed by atoms with Gasteiger partial charge in [0.2, 0.25) is 5.91 Å². The van der Waals surface area contributed by atoms with Gasteiger partial charge in [0.15, 0.2) is 5.82 Å². The van der Waals surface area contributed by atoms with Crippen molar-refractivity contribution >= 4 is 5.91 Å². The number of aryl methyl sites for hydroxylation is 3. The van der Waals surface area contributed by atoms with Gasteiger partial charge in [-0.3, -0.25) is 15.2 Å². The minimum absolute atomic E-state index is 0.0859. The highest BCUT2D eigenvalue weighted by atomic mass is 16.2. The molecule has 1 aliphatic rings. The van der Waals surface area contributed by atoms with Crippen molar-refractivity contribution in [2.45, 2.75) is 72.5 Å². The summed E-state index contributed by atoms with van der Waals surface area (Å²) in [6.07, 6.45) is 2.80. The molecule has 1 aliphatic heterocycles. The van der Waals surface area contributed by atoms with Crippen molar-refractivity contribution in [1.82, 2.24) is 40.6 Å². The number of carbonyl (C=O) groups excluding carboxylic acids is 1. The van der Waals surface area contributed by atoms with E-state index >= 15 is 0 Å². The lowest BCUT2D eigenvalue weighted by Gasteiger charge is -2.42. The van der Waals surface area contributed by atoms with E-state index in [0.717, 1.165) is 55.1 Å². The monoisotopic (exact) mass is 388 g/mol. The topological polar surface area (TPSA) is 105 Å². The van der Waals surface area contributed by atoms with Crippen LogP contribution in [0.2, 0.25) is 0 Å². The van der Waals surface area contributed by atoms with Crippen LogP contribution in [0.25, 0.3) is 0 Å². The minimum Gasteiger partial charge on any atom is -0.341 e. The number of nitrogens with zero attached hydrogens (tertiary/aromatic N) is 6. The molecule has 9 heteroatoms. The zero-order valence-electron chi connectivity index (χ0n) is 17.6. The van der Waals surface area contributed by atoms with Gasteiger partial charge in [0.05, 0.1) is 11.2 Å². The molecule has 0 aromatic carbocycles. The predicted octanol–water partition coefficient (Wildman–Crippen LogP) is 1.69. The summed E-state index contributed by atoms with van der Waals surface area (Å²) in [5.74, 6) is 1.47. The lowest BCUT2D eigenvalue weighted by Crippen LogP contribution is -2.56. The van der Waals surface area contributed by atoms with Gasteiger partial charge in [-0.05, 0) is 49.5 Å². The highest BCUT2D eigenvalue weighted by molar-refractivity contribution is 5.73. The number of carbonyl (C=O) groups is 1. The van der Waals surface area contributed by atoms with E-state index in [-0.39, 0.29) is 5.91 Å². The number of hydrogen-bond acceptors (Lipinski definition) is 6. The maximum atomic E-state index is 12.1. The molecule has 1 amide bonds. The molecule has 28 heavy (non-hydrogen) atoms. The molecule has 9 nitrogen and oxygen atoms in total. The fourth-order valence-corrected chi connectivity index (χ4v) is 3.90. The number of piperidine rings is 1. The molecular weight excluding hydrogens is 356 g/mol. The number of aromatic amines is 1. The molecular formula is C19H32N8O. The Bertz CT molecular complexity index is 791. The van der Waals surface area contributed by atoms with E-state index in [1.54, 1.807) is 6.92 Å². The second kappa shape index (κ2) is 8.38. The van der Waals surface area contributed by atoms with Gasteiger partial charge >= 0.3 is 0 Å². The third-order valence-corrected chi connectivity index (χ3v) is 5.70. The summed E-state index contributed by atoms with van der Waals surface area (Å²) < 4.78 is 1.91. The molecule has 0 saturated carbocycles. The van der Waals surface area contributed by atoms with Crippen molar-refractivity contribution in [3.63, 3.8) is 0 Å². The first kappa shape index (κ1) is 20.4. The van der Waals surface area contributed by atoms with Crippen molar-refractivity contribution < 1.29 is 4.79 Å². The minimum atomic E-state index is -0.472. The van der Waals surface area contributed by atoms with Gasteiger partial charge in [-0.25, -0.2) is 4.68 Å². The largest absolute Gasteiger partial charge is 0.341 e. The number of likely N-dealkylation sites (tertiary alicyclic amines) is 1. The fourth-order valence-electron chi connectivity index (χ4n) is 3.90. The van der Waals surface area contributed by atoms with E-state index in [4.69, 9.17) is 0 Å². The average molecular weight is 389 g/mol. The van der Waals surface area contributed by atoms with Crippen molar-refractivity contribution in [3.8, 4) is 0 Å². The smallest absolute Gasteiger partial charge is 0.219 e. The summed E-state index contributed by atoms with van der Waals surface area (Å²) >= 11 is 0. The van der Waals surface area contributed by atoms with Gasteiger partial charge in [-0.2, -0.15) is 5.10 Å². The van der Waals surface area contributed by atoms with Crippen LogP contribution >= 0.6 is 0 Å². The van der Waals surface area contributed by atoms with E-state index in [1.807, 2.05) is 23.4 Å². The Labute approximate surface area is 166 Å². The highest BCUT2D eigenvalue weighted by Gasteiger charge is 2.42. The van der Waals surface area contributed by atoms with Gasteiger partial charge in [0, 0.05) is 44.4 Å². The summed E-state index contributed by atoms with van der Waals surface area (Å²) in [5, 5.41) is 23.7. The predicted molar refractivity (Wildman–Crippen MR) is 105 cm³/mol. The molecule has 3 rings (SSSR count). The summed E-state index contributed by atoms with van der Waals surface area (Å²) in [4.78, 5) is 14.0. The quantitative estimate of drug-likeness (QED) is 0.748. The van der Waals surface area contributed by atoms with Gasteiger partial charge in [0.25, 0.3) is 0 Å². The summed E-state index contributed by atoms with van der Waals surface area (Å²) in [5.41, 5.74) is 2.72. The van der Waals surface area contributed by atoms with Crippen LogP contribution in [-0.2, 0) is 23.4 Å². The van der Waals surface area contributed by atoms with Crippen LogP contribution in [0.4, 0.5) is 0 Å². The first-order valence-electron chi connectivity index (χ1n) is 10.1. The Kier molecular flexibility index (Phi) is 6.12. The number of H-pyrrole nitrogens is 1. The van der Waals surface area contributed by atoms with Crippen LogP contribution in [0.3, 0.4) is 0 Å². The summed E-state index contributed by atoms with van der Waals surface area (Å²) in [7, 11) is 0. The molecule has 0 bridgehead atoms. The number of amides is 1. The Morgan fingerprint density at radius 1 is 1.36 bits per heavy atom. The van der Waals surface area contributed by atoms with Crippen LogP contribution in [0.1, 0.15) is 62.8 Å². The molecule has 1 saturated heterocycles. The molecule has 2 aromatic heterocycles. The van der Waals surface area contributed by atoms with E-state index in [9.17, 15) is 4.79 Å². The Morgan fingerprint density at radius 3 is 2.79 bits per heavy atom. The lowest BCUT2D eigenvalue weighted by atomic mass is 9.87. The van der Waals surface area contributed by atoms with E-state index in [1.165, 1.54) is 0 Å². The van der Waals surface area contributed by atoms with Crippen LogP contribution in [0.15, 0.2) is 0 Å². The Balaban J connectivity index is 1.91. The molecule has 3 heterocycles. The van der Waals surface area contributed by atoms with Gasteiger partial charge in [0.1, 0.15) is 0 Å². The zero-order chi connectivity index (χ0) is 20.3. The second-order valence-electron chi connectivity index (χ2n) is 8.30. The van der Waals surface area contributed by atoms with E-state index < -0.39 is 5.54 Å². The first-order valence-corrected chi connectivity index (χ1v) is 10.1. The van der Waals surface area contributed by atoms with Gasteiger partial charge in [-0.1, -0.05) is 13.8 Å². The molecule has 0 radical (unpaired) electrons. The number of tetrazole rings is 1. The van der Waals surface area contributed by atoms with E-state index in [2.05, 4.69) is 44.9 Å². The van der Waals surface area contributed by atoms with Crippen LogP contribution < -0.4 is 5.32 Å². The van der Waals surface area contributed by atoms with Crippen LogP contribution in [0.5, 0.6) is 0 Å². The molecule has 2 N–H and O–H groups in total. The molecule has 2 aromatic rings. The fraction of sp³-hybridized carbons (Fsp3) is 0.737. The zero-order valence-corrected chi connectivity index (χ0v) is 17.6. The maximum absolute atomic E-state index is 12.1. The Morgan fingerprint density at radius 2 is 2.14 bits per heavy atom. The number of rotatable bonds is 7. The normalized spacial score (nSPS) is 20.1. The van der Waals surface area contributed by atoms with Crippen LogP contribution in [0, 0.1) is 19.8 Å². The molecule has 0 aliphatic carbocycles. The van der Waals surface area contributed by atoms with E-state index in [0.29, 0.717) is 19.0 Å². The lowest BCUT2D eigenvalue weighted by molar-refractivity contribution is -0.131. The van der Waals surface area contributed by atoms with Crippen molar-refractivity contribution in [2.24, 2.45) is 5.92 Å². The SMILES string of the molecule is CC(=O)N1CCCC(NCc2c(C)n[nH]c2C)(c2nnnn2CCC(C)C)C1. The maximum Gasteiger partial charge on any atom is 0.219 e. The second-order valence-corrected chi connectivity index (χ2v) is 8.30. The van der Waals surface area contributed by atoms with Crippen molar-refractivity contribution in [2.75, 3.05) is 13.1 Å². The van der Waals surface area contributed by atoms with Gasteiger partial charge in [-0.15, -0.1) is 5.10 Å². The molecule has 154 valence electrons. The first-order chi connectivity index (χ1) is 13.3. The van der Waals surface area contributed by atoms with Crippen molar-refractivity contribution in [1.29, 1.82) is 0 Å².